The Morgan fingerprint density at radius 1 is 1.09 bits per heavy atom. The van der Waals surface area contributed by atoms with Gasteiger partial charge in [-0.1, -0.05) is 23.9 Å². The van der Waals surface area contributed by atoms with Gasteiger partial charge in [-0.2, -0.15) is 0 Å². The lowest BCUT2D eigenvalue weighted by Gasteiger charge is -2.10. The fraction of sp³-hybridized carbons (Fsp3) is 0.136. The molecule has 1 aromatic heterocycles. The van der Waals surface area contributed by atoms with E-state index in [4.69, 9.17) is 14.2 Å². The van der Waals surface area contributed by atoms with Crippen LogP contribution in [0.15, 0.2) is 59.8 Å². The Morgan fingerprint density at radius 3 is 2.81 bits per heavy atom. The van der Waals surface area contributed by atoms with Gasteiger partial charge >= 0.3 is 5.97 Å². The molecule has 2 aromatic carbocycles. The first kappa shape index (κ1) is 21.6. The molecule has 10 heteroatoms. The van der Waals surface area contributed by atoms with Crippen molar-refractivity contribution in [1.82, 2.24) is 4.98 Å². The topological polar surface area (TPSA) is 86.8 Å². The van der Waals surface area contributed by atoms with E-state index < -0.39 is 24.2 Å². The summed E-state index contributed by atoms with van der Waals surface area (Å²) in [6, 6.07) is 11.7. The fourth-order valence-corrected chi connectivity index (χ4v) is 3.63. The van der Waals surface area contributed by atoms with Gasteiger partial charge in [0, 0.05) is 23.5 Å². The van der Waals surface area contributed by atoms with Crippen molar-refractivity contribution in [3.63, 3.8) is 0 Å². The van der Waals surface area contributed by atoms with E-state index >= 15 is 0 Å². The molecule has 3 aromatic rings. The van der Waals surface area contributed by atoms with Crippen molar-refractivity contribution < 1.29 is 32.6 Å². The quantitative estimate of drug-likeness (QED) is 0.420. The van der Waals surface area contributed by atoms with Crippen LogP contribution in [0, 0.1) is 11.6 Å². The molecule has 0 spiro atoms. The summed E-state index contributed by atoms with van der Waals surface area (Å²) < 4.78 is 42.7. The third kappa shape index (κ3) is 4.97. The Labute approximate surface area is 185 Å². The molecule has 7 nitrogen and oxygen atoms in total. The van der Waals surface area contributed by atoms with E-state index in [9.17, 15) is 18.4 Å². The highest BCUT2D eigenvalue weighted by Crippen LogP contribution is 2.34. The molecule has 0 saturated heterocycles. The van der Waals surface area contributed by atoms with Crippen LogP contribution in [0.1, 0.15) is 15.9 Å². The van der Waals surface area contributed by atoms with Crippen molar-refractivity contribution in [2.45, 2.75) is 11.6 Å². The molecule has 2 heterocycles. The number of pyridine rings is 1. The van der Waals surface area contributed by atoms with Crippen molar-refractivity contribution >= 4 is 29.3 Å². The lowest BCUT2D eigenvalue weighted by Crippen LogP contribution is -2.15. The number of nitrogens with one attached hydrogen (secondary N) is 1. The predicted molar refractivity (Wildman–Crippen MR) is 112 cm³/mol. The number of aromatic nitrogens is 1. The van der Waals surface area contributed by atoms with Gasteiger partial charge in [-0.05, 0) is 30.3 Å². The predicted octanol–water partition coefficient (Wildman–Crippen LogP) is 4.18. The molecule has 1 N–H and O–H groups in total. The van der Waals surface area contributed by atoms with Gasteiger partial charge in [0.25, 0.3) is 0 Å². The first-order valence-corrected chi connectivity index (χ1v) is 10.4. The number of esters is 1. The number of thioether (sulfide) groups is 1. The molecule has 0 unspecified atom stereocenters. The summed E-state index contributed by atoms with van der Waals surface area (Å²) in [6.07, 6.45) is 1.47. The van der Waals surface area contributed by atoms with Crippen molar-refractivity contribution in [2.75, 3.05) is 17.9 Å². The van der Waals surface area contributed by atoms with Crippen LogP contribution >= 0.6 is 11.8 Å². The van der Waals surface area contributed by atoms with Crippen LogP contribution in [0.4, 0.5) is 14.5 Å². The largest absolute Gasteiger partial charge is 0.457 e. The fourth-order valence-electron chi connectivity index (χ4n) is 2.85. The Morgan fingerprint density at radius 2 is 1.94 bits per heavy atom. The van der Waals surface area contributed by atoms with E-state index in [1.54, 1.807) is 18.2 Å². The number of anilines is 1. The number of halogens is 2. The number of amides is 1. The van der Waals surface area contributed by atoms with Crippen LogP contribution in [0.2, 0.25) is 0 Å². The third-order valence-corrected chi connectivity index (χ3v) is 5.38. The van der Waals surface area contributed by atoms with E-state index in [1.807, 2.05) is 0 Å². The summed E-state index contributed by atoms with van der Waals surface area (Å²) in [5.41, 5.74) is 0.572. The molecule has 32 heavy (non-hydrogen) atoms. The first-order chi connectivity index (χ1) is 15.5. The van der Waals surface area contributed by atoms with Crippen molar-refractivity contribution in [3.05, 3.63) is 77.5 Å². The number of rotatable bonds is 7. The number of benzene rings is 2. The molecule has 1 aliphatic rings. The zero-order chi connectivity index (χ0) is 22.5. The zero-order valence-electron chi connectivity index (χ0n) is 16.5. The number of carbonyl (C=O) groups is 2. The maximum absolute atomic E-state index is 13.8. The van der Waals surface area contributed by atoms with Crippen LogP contribution in [-0.2, 0) is 16.1 Å². The number of ether oxygens (including phenoxy) is 3. The highest BCUT2D eigenvalue weighted by atomic mass is 32.2. The average Bonchev–Trinajstić information content (AvgIpc) is 3.26. The second-order valence-corrected chi connectivity index (χ2v) is 7.51. The lowest BCUT2D eigenvalue weighted by atomic mass is 10.2. The Hall–Kier alpha value is -3.66. The molecular formula is C22H16F2N2O5S. The minimum absolute atomic E-state index is 0.0236. The molecule has 164 valence electrons. The highest BCUT2D eigenvalue weighted by molar-refractivity contribution is 8.00. The minimum Gasteiger partial charge on any atom is -0.457 e. The molecule has 1 aliphatic heterocycles. The molecule has 0 bridgehead atoms. The average molecular weight is 458 g/mol. The summed E-state index contributed by atoms with van der Waals surface area (Å²) in [5, 5.41) is 3.01. The molecule has 0 radical (unpaired) electrons. The molecule has 0 aliphatic carbocycles. The van der Waals surface area contributed by atoms with E-state index in [0.717, 1.165) is 17.8 Å². The van der Waals surface area contributed by atoms with Gasteiger partial charge in [-0.3, -0.25) is 4.79 Å². The number of hydrogen-bond acceptors (Lipinski definition) is 7. The van der Waals surface area contributed by atoms with Crippen LogP contribution in [0.5, 0.6) is 11.5 Å². The Kier molecular flexibility index (Phi) is 6.50. The second kappa shape index (κ2) is 9.65. The summed E-state index contributed by atoms with van der Waals surface area (Å²) in [4.78, 5) is 28.9. The number of nitrogens with zero attached hydrogens (tertiary/aromatic N) is 1. The standard InChI is InChI=1S/C22H16F2N2O5S/c23-16-5-1-3-13(20(16)24)10-29-22(28)15-4-2-8-25-21(15)32-11-19(27)26-14-6-7-17-18(9-14)31-12-30-17/h1-9H,10-12H2,(H,26,27). The molecule has 0 fully saturated rings. The van der Waals surface area contributed by atoms with E-state index in [0.29, 0.717) is 17.2 Å². The highest BCUT2D eigenvalue weighted by Gasteiger charge is 2.18. The summed E-state index contributed by atoms with van der Waals surface area (Å²) in [5.74, 6) is -2.05. The van der Waals surface area contributed by atoms with Crippen molar-refractivity contribution in [2.24, 2.45) is 0 Å². The number of fused-ring (bicyclic) bond motifs is 1. The Bertz CT molecular complexity index is 1170. The van der Waals surface area contributed by atoms with Gasteiger partial charge < -0.3 is 19.5 Å². The zero-order valence-corrected chi connectivity index (χ0v) is 17.3. The van der Waals surface area contributed by atoms with E-state index in [2.05, 4.69) is 10.3 Å². The molecule has 0 atom stereocenters. The van der Waals surface area contributed by atoms with Crippen molar-refractivity contribution in [1.29, 1.82) is 0 Å². The third-order valence-electron chi connectivity index (χ3n) is 4.38. The molecule has 1 amide bonds. The van der Waals surface area contributed by atoms with Gasteiger partial charge in [0.2, 0.25) is 12.7 Å². The summed E-state index contributed by atoms with van der Waals surface area (Å²) >= 11 is 1.04. The minimum atomic E-state index is -1.07. The Balaban J connectivity index is 1.36. The molecule has 0 saturated carbocycles. The van der Waals surface area contributed by atoms with Gasteiger partial charge in [-0.15, -0.1) is 0 Å². The van der Waals surface area contributed by atoms with Gasteiger partial charge in [0.05, 0.1) is 11.3 Å². The van der Waals surface area contributed by atoms with Crippen LogP contribution in [0.3, 0.4) is 0 Å². The number of carbonyl (C=O) groups excluding carboxylic acids is 2. The van der Waals surface area contributed by atoms with E-state index in [-0.39, 0.29) is 34.6 Å². The second-order valence-electron chi connectivity index (χ2n) is 6.55. The monoisotopic (exact) mass is 458 g/mol. The number of hydrogen-bond donors (Lipinski definition) is 1. The van der Waals surface area contributed by atoms with Crippen LogP contribution in [-0.4, -0.2) is 29.4 Å². The van der Waals surface area contributed by atoms with Gasteiger partial charge in [0.1, 0.15) is 11.6 Å². The van der Waals surface area contributed by atoms with Crippen LogP contribution < -0.4 is 14.8 Å². The van der Waals surface area contributed by atoms with Gasteiger partial charge in [-0.25, -0.2) is 18.6 Å². The van der Waals surface area contributed by atoms with Crippen LogP contribution in [0.25, 0.3) is 0 Å². The smallest absolute Gasteiger partial charge is 0.341 e. The first-order valence-electron chi connectivity index (χ1n) is 9.38. The summed E-state index contributed by atoms with van der Waals surface area (Å²) in [7, 11) is 0. The SMILES string of the molecule is O=C(CSc1ncccc1C(=O)OCc1cccc(F)c1F)Nc1ccc2c(c1)OCO2. The van der Waals surface area contributed by atoms with Gasteiger partial charge in [0.15, 0.2) is 23.1 Å². The van der Waals surface area contributed by atoms with E-state index in [1.165, 1.54) is 30.5 Å². The maximum Gasteiger partial charge on any atom is 0.341 e. The maximum atomic E-state index is 13.8. The normalized spacial score (nSPS) is 11.8. The molecular weight excluding hydrogens is 442 g/mol. The summed E-state index contributed by atoms with van der Waals surface area (Å²) in [6.45, 7) is -0.307. The molecule has 4 rings (SSSR count). The lowest BCUT2D eigenvalue weighted by molar-refractivity contribution is -0.113. The van der Waals surface area contributed by atoms with Crippen molar-refractivity contribution in [3.8, 4) is 11.5 Å².